The minimum atomic E-state index is -0.323. The number of fused-ring (bicyclic) bond motifs is 4. The third-order valence-corrected chi connectivity index (χ3v) is 10.1. The molecule has 1 atom stereocenters. The SMILES string of the molecule is C#Cc1cnc2c(Cl)cc(N[C@H](C3=CN(C45CCC(CC4)C5)NN3)c3cccc4c(=O)n(C)ccc34)cc2c1NCC(C)(C)C. The maximum absolute atomic E-state index is 13.2. The van der Waals surface area contributed by atoms with E-state index in [1.165, 1.54) is 32.1 Å². The van der Waals surface area contributed by atoms with Crippen LogP contribution in [0, 0.1) is 23.7 Å². The van der Waals surface area contributed by atoms with Crippen molar-refractivity contribution in [2.24, 2.45) is 18.4 Å². The molecule has 2 aromatic carbocycles. The van der Waals surface area contributed by atoms with Gasteiger partial charge in [-0.3, -0.25) is 14.8 Å². The number of benzene rings is 2. The first-order valence-electron chi connectivity index (χ1n) is 15.8. The molecular weight excluding hydrogens is 582 g/mol. The molecule has 2 aliphatic carbocycles. The lowest BCUT2D eigenvalue weighted by Gasteiger charge is -2.36. The van der Waals surface area contributed by atoms with Crippen molar-refractivity contribution in [3.8, 4) is 12.3 Å². The van der Waals surface area contributed by atoms with E-state index in [1.54, 1.807) is 17.8 Å². The van der Waals surface area contributed by atoms with Crippen LogP contribution in [0.3, 0.4) is 0 Å². The van der Waals surface area contributed by atoms with E-state index in [4.69, 9.17) is 18.0 Å². The Balaban J connectivity index is 1.35. The number of hydrogen-bond acceptors (Lipinski definition) is 7. The topological polar surface area (TPSA) is 86.2 Å². The fourth-order valence-electron chi connectivity index (χ4n) is 7.37. The van der Waals surface area contributed by atoms with E-state index >= 15 is 0 Å². The second kappa shape index (κ2) is 11.0. The van der Waals surface area contributed by atoms with Crippen LogP contribution in [0.15, 0.2) is 65.5 Å². The van der Waals surface area contributed by atoms with Crippen molar-refractivity contribution in [1.29, 1.82) is 0 Å². The van der Waals surface area contributed by atoms with E-state index in [1.807, 2.05) is 30.5 Å². The average Bonchev–Trinajstić information content (AvgIpc) is 3.78. The molecule has 2 saturated carbocycles. The lowest BCUT2D eigenvalue weighted by atomic mass is 9.93. The molecule has 4 aromatic rings. The van der Waals surface area contributed by atoms with Gasteiger partial charge in [0.05, 0.1) is 39.1 Å². The smallest absolute Gasteiger partial charge is 0.258 e. The van der Waals surface area contributed by atoms with E-state index < -0.39 is 0 Å². The van der Waals surface area contributed by atoms with E-state index in [0.717, 1.165) is 45.9 Å². The molecule has 0 spiro atoms. The highest BCUT2D eigenvalue weighted by Gasteiger charge is 2.49. The highest BCUT2D eigenvalue weighted by molar-refractivity contribution is 6.35. The number of aryl methyl sites for hydroxylation is 1. The molecule has 2 fully saturated rings. The zero-order valence-electron chi connectivity index (χ0n) is 26.3. The molecule has 9 heteroatoms. The van der Waals surface area contributed by atoms with E-state index in [-0.39, 0.29) is 22.6 Å². The number of terminal acetylenes is 1. The van der Waals surface area contributed by atoms with Crippen LogP contribution in [-0.2, 0) is 7.05 Å². The van der Waals surface area contributed by atoms with Crippen molar-refractivity contribution < 1.29 is 0 Å². The summed E-state index contributed by atoms with van der Waals surface area (Å²) in [6, 6.07) is 11.6. The molecule has 0 amide bonds. The summed E-state index contributed by atoms with van der Waals surface area (Å²) in [5.74, 6) is 3.61. The standard InChI is InChI=1S/C36H40ClN7O/c1-6-23-19-38-32-28(31(23)39-21-35(2,3)4)16-24(17-29(32)37)40-33(26-8-7-9-27-25(26)12-15-43(5)34(27)45)30-20-44(42-41-30)36-13-10-22(18-36)11-14-36/h1,7-9,12,15-17,19-20,22,33,40-42H,10-11,13-14,18,21H2,2-5H3,(H,38,39)/t22?,33-,36?/m0/s1. The van der Waals surface area contributed by atoms with Crippen molar-refractivity contribution in [2.75, 3.05) is 17.2 Å². The minimum absolute atomic E-state index is 0.0285. The zero-order valence-corrected chi connectivity index (χ0v) is 27.1. The molecule has 0 saturated heterocycles. The molecule has 4 N–H and O–H groups in total. The first kappa shape index (κ1) is 29.5. The predicted octanol–water partition coefficient (Wildman–Crippen LogP) is 6.83. The maximum atomic E-state index is 13.2. The highest BCUT2D eigenvalue weighted by Crippen LogP contribution is 2.51. The van der Waals surface area contributed by atoms with Gasteiger partial charge >= 0.3 is 0 Å². The monoisotopic (exact) mass is 621 g/mol. The van der Waals surface area contributed by atoms with Crippen LogP contribution in [-0.4, -0.2) is 26.6 Å². The highest BCUT2D eigenvalue weighted by atomic mass is 35.5. The summed E-state index contributed by atoms with van der Waals surface area (Å²) in [6.07, 6.45) is 17.8. The Labute approximate surface area is 269 Å². The minimum Gasteiger partial charge on any atom is -0.383 e. The first-order chi connectivity index (χ1) is 21.5. The fraction of sp³-hybridized carbons (Fsp3) is 0.389. The van der Waals surface area contributed by atoms with Gasteiger partial charge in [-0.25, -0.2) is 0 Å². The summed E-state index contributed by atoms with van der Waals surface area (Å²) in [6.45, 7) is 7.26. The summed E-state index contributed by atoms with van der Waals surface area (Å²) in [5, 5.41) is 12.6. The number of rotatable bonds is 7. The average molecular weight is 622 g/mol. The molecule has 3 heterocycles. The van der Waals surface area contributed by atoms with Crippen LogP contribution in [0.4, 0.5) is 11.4 Å². The number of halogens is 1. The van der Waals surface area contributed by atoms with Gasteiger partial charge in [0.15, 0.2) is 0 Å². The first-order valence-corrected chi connectivity index (χ1v) is 16.1. The molecule has 7 rings (SSSR count). The van der Waals surface area contributed by atoms with Gasteiger partial charge in [-0.15, -0.1) is 12.0 Å². The Morgan fingerprint density at radius 3 is 2.69 bits per heavy atom. The fourth-order valence-corrected chi connectivity index (χ4v) is 7.64. The molecule has 0 radical (unpaired) electrons. The van der Waals surface area contributed by atoms with E-state index in [2.05, 4.69) is 76.6 Å². The van der Waals surface area contributed by atoms with Gasteiger partial charge < -0.3 is 20.6 Å². The van der Waals surface area contributed by atoms with Gasteiger partial charge in [0, 0.05) is 48.6 Å². The van der Waals surface area contributed by atoms with Crippen molar-refractivity contribution in [2.45, 2.75) is 64.5 Å². The number of hydrazine groups is 2. The normalized spacial score (nSPS) is 21.6. The number of aromatic nitrogens is 2. The Morgan fingerprint density at radius 1 is 1.18 bits per heavy atom. The molecule has 45 heavy (non-hydrogen) atoms. The molecular formula is C36H40ClN7O. The quantitative estimate of drug-likeness (QED) is 0.168. The summed E-state index contributed by atoms with van der Waals surface area (Å²) in [4.78, 5) is 17.8. The summed E-state index contributed by atoms with van der Waals surface area (Å²) in [7, 11) is 1.78. The summed E-state index contributed by atoms with van der Waals surface area (Å²) >= 11 is 6.92. The Morgan fingerprint density at radius 2 is 1.98 bits per heavy atom. The molecule has 232 valence electrons. The zero-order chi connectivity index (χ0) is 31.5. The van der Waals surface area contributed by atoms with Crippen molar-refractivity contribution in [1.82, 2.24) is 25.5 Å². The van der Waals surface area contributed by atoms with E-state index in [0.29, 0.717) is 21.5 Å². The van der Waals surface area contributed by atoms with Gasteiger partial charge in [-0.2, -0.15) is 0 Å². The van der Waals surface area contributed by atoms with Gasteiger partial charge in [-0.1, -0.05) is 50.4 Å². The van der Waals surface area contributed by atoms with Crippen LogP contribution in [0.2, 0.25) is 5.02 Å². The Hall–Kier alpha value is -4.19. The summed E-state index contributed by atoms with van der Waals surface area (Å²) in [5.41, 5.74) is 12.1. The molecule has 8 nitrogen and oxygen atoms in total. The van der Waals surface area contributed by atoms with Crippen LogP contribution in [0.5, 0.6) is 0 Å². The summed E-state index contributed by atoms with van der Waals surface area (Å²) < 4.78 is 1.62. The Kier molecular flexibility index (Phi) is 7.22. The third-order valence-electron chi connectivity index (χ3n) is 9.77. The number of nitrogens with one attached hydrogen (secondary N) is 4. The third kappa shape index (κ3) is 5.28. The molecule has 1 aliphatic heterocycles. The van der Waals surface area contributed by atoms with E-state index in [9.17, 15) is 4.79 Å². The lowest BCUT2D eigenvalue weighted by molar-refractivity contribution is 0.0960. The second-order valence-corrected chi connectivity index (χ2v) is 14.5. The maximum Gasteiger partial charge on any atom is 0.258 e. The largest absolute Gasteiger partial charge is 0.383 e. The number of nitrogens with zero attached hydrogens (tertiary/aromatic N) is 3. The number of hydrogen-bond donors (Lipinski definition) is 4. The van der Waals surface area contributed by atoms with Gasteiger partial charge in [0.1, 0.15) is 0 Å². The van der Waals surface area contributed by atoms with Crippen molar-refractivity contribution in [3.63, 3.8) is 0 Å². The molecule has 2 aromatic heterocycles. The van der Waals surface area contributed by atoms with Crippen LogP contribution >= 0.6 is 11.6 Å². The van der Waals surface area contributed by atoms with Crippen LogP contribution in [0.1, 0.15) is 70.0 Å². The molecule has 3 aliphatic rings. The second-order valence-electron chi connectivity index (χ2n) is 14.1. The van der Waals surface area contributed by atoms with Crippen molar-refractivity contribution >= 4 is 44.7 Å². The predicted molar refractivity (Wildman–Crippen MR) is 184 cm³/mol. The van der Waals surface area contributed by atoms with Crippen molar-refractivity contribution in [3.05, 3.63) is 87.2 Å². The number of anilines is 2. The van der Waals surface area contributed by atoms with Gasteiger partial charge in [-0.05, 0) is 78.7 Å². The van der Waals surface area contributed by atoms with Crippen LogP contribution < -0.4 is 27.2 Å². The Bertz CT molecular complexity index is 1940. The van der Waals surface area contributed by atoms with Gasteiger partial charge in [0.25, 0.3) is 5.56 Å². The molecule has 0 unspecified atom stereocenters. The molecule has 2 bridgehead atoms. The van der Waals surface area contributed by atoms with Gasteiger partial charge in [0.2, 0.25) is 0 Å². The van der Waals surface area contributed by atoms with Crippen LogP contribution in [0.25, 0.3) is 21.7 Å². The number of pyridine rings is 2. The lowest BCUT2D eigenvalue weighted by Crippen LogP contribution is -2.50.